The number of nitrogens with one attached hydrogen (secondary N) is 1. The van der Waals surface area contributed by atoms with E-state index in [9.17, 15) is 14.4 Å². The number of rotatable bonds is 8. The Morgan fingerprint density at radius 1 is 1.18 bits per heavy atom. The van der Waals surface area contributed by atoms with Crippen LogP contribution in [-0.4, -0.2) is 30.4 Å². The molecule has 1 aromatic carbocycles. The van der Waals surface area contributed by atoms with Gasteiger partial charge >= 0.3 is 5.97 Å². The zero-order valence-corrected chi connectivity index (χ0v) is 12.9. The van der Waals surface area contributed by atoms with Crippen LogP contribution in [0, 0.1) is 6.92 Å². The first kappa shape index (κ1) is 17.7. The summed E-state index contributed by atoms with van der Waals surface area (Å²) in [6, 6.07) is 6.83. The lowest BCUT2D eigenvalue weighted by Crippen LogP contribution is -2.45. The van der Waals surface area contributed by atoms with E-state index in [0.717, 1.165) is 11.1 Å². The summed E-state index contributed by atoms with van der Waals surface area (Å²) in [6.07, 6.45) is 0.271. The molecule has 0 heterocycles. The fourth-order valence-corrected chi connectivity index (χ4v) is 1.90. The van der Waals surface area contributed by atoms with E-state index in [-0.39, 0.29) is 19.4 Å². The molecule has 6 heteroatoms. The summed E-state index contributed by atoms with van der Waals surface area (Å²) in [5.41, 5.74) is 7.33. The van der Waals surface area contributed by atoms with Gasteiger partial charge in [-0.25, -0.2) is 0 Å². The van der Waals surface area contributed by atoms with Gasteiger partial charge in [-0.3, -0.25) is 14.4 Å². The molecule has 0 saturated carbocycles. The quantitative estimate of drug-likeness (QED) is 0.696. The number of amides is 2. The largest absolute Gasteiger partial charge is 0.466 e. The SMILES string of the molecule is CCOC(=O)CCC(=O)N[C@@H](Cc1ccc(C)cc1)C(N)=O. The second-order valence-electron chi connectivity index (χ2n) is 5.02. The van der Waals surface area contributed by atoms with E-state index in [4.69, 9.17) is 10.5 Å². The zero-order chi connectivity index (χ0) is 16.5. The average molecular weight is 306 g/mol. The topological polar surface area (TPSA) is 98.5 Å². The minimum Gasteiger partial charge on any atom is -0.466 e. The van der Waals surface area contributed by atoms with Crippen LogP contribution in [0.25, 0.3) is 0 Å². The fraction of sp³-hybridized carbons (Fsp3) is 0.438. The van der Waals surface area contributed by atoms with Crippen molar-refractivity contribution in [3.8, 4) is 0 Å². The highest BCUT2D eigenvalue weighted by Crippen LogP contribution is 2.06. The Hall–Kier alpha value is -2.37. The summed E-state index contributed by atoms with van der Waals surface area (Å²) in [6.45, 7) is 3.94. The molecule has 0 fully saturated rings. The lowest BCUT2D eigenvalue weighted by molar-refractivity contribution is -0.144. The Bertz CT molecular complexity index is 525. The number of esters is 1. The maximum absolute atomic E-state index is 11.8. The summed E-state index contributed by atoms with van der Waals surface area (Å²) < 4.78 is 4.74. The number of primary amides is 1. The van der Waals surface area contributed by atoms with E-state index in [1.54, 1.807) is 6.92 Å². The maximum atomic E-state index is 11.8. The van der Waals surface area contributed by atoms with Gasteiger partial charge in [0, 0.05) is 12.8 Å². The summed E-state index contributed by atoms with van der Waals surface area (Å²) in [5, 5.41) is 2.56. The van der Waals surface area contributed by atoms with Crippen molar-refractivity contribution in [3.63, 3.8) is 0 Å². The van der Waals surface area contributed by atoms with Crippen molar-refractivity contribution in [1.29, 1.82) is 0 Å². The summed E-state index contributed by atoms with van der Waals surface area (Å²) >= 11 is 0. The highest BCUT2D eigenvalue weighted by atomic mass is 16.5. The average Bonchev–Trinajstić information content (AvgIpc) is 2.47. The fourth-order valence-electron chi connectivity index (χ4n) is 1.90. The van der Waals surface area contributed by atoms with Gasteiger partial charge in [0.05, 0.1) is 13.0 Å². The van der Waals surface area contributed by atoms with Crippen LogP contribution in [0.15, 0.2) is 24.3 Å². The van der Waals surface area contributed by atoms with E-state index < -0.39 is 23.8 Å². The first-order chi connectivity index (χ1) is 10.4. The van der Waals surface area contributed by atoms with E-state index in [2.05, 4.69) is 5.32 Å². The molecule has 3 N–H and O–H groups in total. The summed E-state index contributed by atoms with van der Waals surface area (Å²) in [5.74, 6) is -1.44. The number of hydrogen-bond donors (Lipinski definition) is 2. The molecule has 1 aromatic rings. The Morgan fingerprint density at radius 3 is 2.36 bits per heavy atom. The van der Waals surface area contributed by atoms with E-state index in [0.29, 0.717) is 6.42 Å². The molecule has 120 valence electrons. The van der Waals surface area contributed by atoms with E-state index in [1.165, 1.54) is 0 Å². The molecule has 1 atom stereocenters. The van der Waals surface area contributed by atoms with Crippen molar-refractivity contribution < 1.29 is 19.1 Å². The third-order valence-corrected chi connectivity index (χ3v) is 3.10. The summed E-state index contributed by atoms with van der Waals surface area (Å²) in [7, 11) is 0. The molecule has 0 saturated heterocycles. The second kappa shape index (κ2) is 8.81. The number of hydrogen-bond acceptors (Lipinski definition) is 4. The highest BCUT2D eigenvalue weighted by molar-refractivity contribution is 5.88. The number of benzene rings is 1. The normalized spacial score (nSPS) is 11.5. The second-order valence-corrected chi connectivity index (χ2v) is 5.02. The minimum absolute atomic E-state index is 0.0182. The van der Waals surface area contributed by atoms with Gasteiger partial charge in [-0.05, 0) is 19.4 Å². The van der Waals surface area contributed by atoms with Crippen LogP contribution in [0.1, 0.15) is 30.9 Å². The third-order valence-electron chi connectivity index (χ3n) is 3.10. The number of aryl methyl sites for hydroxylation is 1. The number of ether oxygens (including phenoxy) is 1. The number of carbonyl (C=O) groups is 3. The smallest absolute Gasteiger partial charge is 0.306 e. The lowest BCUT2D eigenvalue weighted by atomic mass is 10.0. The van der Waals surface area contributed by atoms with Crippen molar-refractivity contribution in [3.05, 3.63) is 35.4 Å². The van der Waals surface area contributed by atoms with Gasteiger partial charge in [0.1, 0.15) is 6.04 Å². The van der Waals surface area contributed by atoms with Gasteiger partial charge in [0.2, 0.25) is 11.8 Å². The predicted molar refractivity (Wildman–Crippen MR) is 81.9 cm³/mol. The molecule has 0 aliphatic carbocycles. The van der Waals surface area contributed by atoms with Gasteiger partial charge in [0.15, 0.2) is 0 Å². The monoisotopic (exact) mass is 306 g/mol. The molecule has 0 unspecified atom stereocenters. The first-order valence-corrected chi connectivity index (χ1v) is 7.22. The molecule has 1 rings (SSSR count). The Morgan fingerprint density at radius 2 is 1.82 bits per heavy atom. The van der Waals surface area contributed by atoms with Gasteiger partial charge in [-0.1, -0.05) is 29.8 Å². The van der Waals surface area contributed by atoms with Crippen molar-refractivity contribution in [2.24, 2.45) is 5.73 Å². The van der Waals surface area contributed by atoms with Gasteiger partial charge < -0.3 is 15.8 Å². The van der Waals surface area contributed by atoms with Crippen molar-refractivity contribution in [1.82, 2.24) is 5.32 Å². The Labute approximate surface area is 130 Å². The molecular formula is C16H22N2O4. The molecule has 0 aliphatic rings. The number of carbonyl (C=O) groups excluding carboxylic acids is 3. The molecule has 0 spiro atoms. The lowest BCUT2D eigenvalue weighted by Gasteiger charge is -2.15. The van der Waals surface area contributed by atoms with Crippen LogP contribution in [-0.2, 0) is 25.5 Å². The summed E-state index contributed by atoms with van der Waals surface area (Å²) in [4.78, 5) is 34.4. The van der Waals surface area contributed by atoms with Crippen LogP contribution >= 0.6 is 0 Å². The standard InChI is InChI=1S/C16H22N2O4/c1-3-22-15(20)9-8-14(19)18-13(16(17)21)10-12-6-4-11(2)5-7-12/h4-7,13H,3,8-10H2,1-2H3,(H2,17,21)(H,18,19)/t13-/m0/s1. The van der Waals surface area contributed by atoms with Gasteiger partial charge in [0.25, 0.3) is 0 Å². The van der Waals surface area contributed by atoms with Crippen LogP contribution in [0.5, 0.6) is 0 Å². The van der Waals surface area contributed by atoms with Gasteiger partial charge in [-0.15, -0.1) is 0 Å². The molecular weight excluding hydrogens is 284 g/mol. The first-order valence-electron chi connectivity index (χ1n) is 7.22. The van der Waals surface area contributed by atoms with Gasteiger partial charge in [-0.2, -0.15) is 0 Å². The molecule has 6 nitrogen and oxygen atoms in total. The van der Waals surface area contributed by atoms with Crippen LogP contribution < -0.4 is 11.1 Å². The minimum atomic E-state index is -0.794. The van der Waals surface area contributed by atoms with Crippen molar-refractivity contribution in [2.75, 3.05) is 6.61 Å². The van der Waals surface area contributed by atoms with Crippen LogP contribution in [0.2, 0.25) is 0 Å². The molecule has 0 radical (unpaired) electrons. The zero-order valence-electron chi connectivity index (χ0n) is 12.9. The van der Waals surface area contributed by atoms with Crippen molar-refractivity contribution >= 4 is 17.8 Å². The maximum Gasteiger partial charge on any atom is 0.306 e. The Kier molecular flexibility index (Phi) is 7.08. The van der Waals surface area contributed by atoms with Crippen LogP contribution in [0.3, 0.4) is 0 Å². The highest BCUT2D eigenvalue weighted by Gasteiger charge is 2.19. The van der Waals surface area contributed by atoms with Crippen LogP contribution in [0.4, 0.5) is 0 Å². The molecule has 0 bridgehead atoms. The van der Waals surface area contributed by atoms with E-state index >= 15 is 0 Å². The molecule has 0 aromatic heterocycles. The molecule has 2 amide bonds. The number of nitrogens with two attached hydrogens (primary N) is 1. The predicted octanol–water partition coefficient (Wildman–Crippen LogP) is 0.851. The third kappa shape index (κ3) is 6.39. The molecule has 0 aliphatic heterocycles. The van der Waals surface area contributed by atoms with Crippen molar-refractivity contribution in [2.45, 2.75) is 39.2 Å². The molecule has 22 heavy (non-hydrogen) atoms. The van der Waals surface area contributed by atoms with E-state index in [1.807, 2.05) is 31.2 Å². The Balaban J connectivity index is 2.53.